The fourth-order valence-electron chi connectivity index (χ4n) is 4.66. The van der Waals surface area contributed by atoms with Gasteiger partial charge in [-0.2, -0.15) is 0 Å². The first-order valence-electron chi connectivity index (χ1n) is 12.3. The van der Waals surface area contributed by atoms with E-state index in [-0.39, 0.29) is 18.9 Å². The van der Waals surface area contributed by atoms with Crippen LogP contribution in [0.3, 0.4) is 0 Å². The quantitative estimate of drug-likeness (QED) is 0.224. The van der Waals surface area contributed by atoms with Crippen LogP contribution in [0, 0.1) is 6.92 Å². The SMILES string of the molecule is C=CCN(C(=O)c1ccc(OC)c(OC)c1)C1CC(=O)N(c2ccc(-c3nc4ccc(C)cc4s3)cc2)C1=O. The lowest BCUT2D eigenvalue weighted by atomic mass is 10.1. The van der Waals surface area contributed by atoms with Crippen LogP contribution in [-0.4, -0.2) is 54.4 Å². The van der Waals surface area contributed by atoms with E-state index in [2.05, 4.69) is 12.6 Å². The van der Waals surface area contributed by atoms with E-state index in [1.165, 1.54) is 30.8 Å². The predicted octanol–water partition coefficient (Wildman–Crippen LogP) is 5.25. The Labute approximate surface area is 230 Å². The molecule has 9 heteroatoms. The summed E-state index contributed by atoms with van der Waals surface area (Å²) in [6, 6.07) is 17.1. The minimum absolute atomic E-state index is 0.0979. The van der Waals surface area contributed by atoms with Gasteiger partial charge in [0.2, 0.25) is 5.91 Å². The van der Waals surface area contributed by atoms with Crippen molar-refractivity contribution in [3.8, 4) is 22.1 Å². The molecule has 1 fully saturated rings. The molecule has 1 aromatic heterocycles. The Kier molecular flexibility index (Phi) is 7.17. The average Bonchev–Trinajstić information content (AvgIpc) is 3.50. The number of rotatable bonds is 8. The second-order valence-electron chi connectivity index (χ2n) is 9.14. The van der Waals surface area contributed by atoms with Crippen molar-refractivity contribution in [1.82, 2.24) is 9.88 Å². The number of carbonyl (C=O) groups is 3. The van der Waals surface area contributed by atoms with Crippen molar-refractivity contribution in [3.63, 3.8) is 0 Å². The van der Waals surface area contributed by atoms with Crippen LogP contribution in [0.25, 0.3) is 20.8 Å². The highest BCUT2D eigenvalue weighted by Crippen LogP contribution is 2.34. The summed E-state index contributed by atoms with van der Waals surface area (Å²) in [5.74, 6) is -0.376. The van der Waals surface area contributed by atoms with E-state index in [0.717, 1.165) is 25.7 Å². The fraction of sp³-hybridized carbons (Fsp3) is 0.200. The second-order valence-corrected chi connectivity index (χ2v) is 10.2. The maximum atomic E-state index is 13.5. The fourth-order valence-corrected chi connectivity index (χ4v) is 5.73. The summed E-state index contributed by atoms with van der Waals surface area (Å²) in [7, 11) is 2.99. The van der Waals surface area contributed by atoms with E-state index in [1.54, 1.807) is 41.7 Å². The van der Waals surface area contributed by atoms with Crippen LogP contribution in [0.1, 0.15) is 22.3 Å². The number of aryl methyl sites for hydroxylation is 1. The Morgan fingerprint density at radius 3 is 2.51 bits per heavy atom. The lowest BCUT2D eigenvalue weighted by molar-refractivity contribution is -0.122. The number of anilines is 1. The molecule has 0 radical (unpaired) electrons. The van der Waals surface area contributed by atoms with Crippen molar-refractivity contribution in [3.05, 3.63) is 84.4 Å². The summed E-state index contributed by atoms with van der Waals surface area (Å²) in [6.45, 7) is 5.88. The van der Waals surface area contributed by atoms with Gasteiger partial charge in [-0.05, 0) is 67.1 Å². The number of aromatic nitrogens is 1. The Morgan fingerprint density at radius 1 is 1.08 bits per heavy atom. The van der Waals surface area contributed by atoms with Crippen molar-refractivity contribution >= 4 is 45.0 Å². The number of hydrogen-bond acceptors (Lipinski definition) is 7. The van der Waals surface area contributed by atoms with Gasteiger partial charge in [0.25, 0.3) is 11.8 Å². The highest BCUT2D eigenvalue weighted by Gasteiger charge is 2.44. The van der Waals surface area contributed by atoms with E-state index >= 15 is 0 Å². The molecule has 198 valence electrons. The van der Waals surface area contributed by atoms with Gasteiger partial charge < -0.3 is 14.4 Å². The molecule has 0 saturated carbocycles. The normalized spacial score (nSPS) is 15.1. The number of ether oxygens (including phenoxy) is 2. The molecule has 8 nitrogen and oxygen atoms in total. The number of nitrogens with zero attached hydrogens (tertiary/aromatic N) is 3. The van der Waals surface area contributed by atoms with Gasteiger partial charge in [0.1, 0.15) is 11.0 Å². The Morgan fingerprint density at radius 2 is 1.82 bits per heavy atom. The molecule has 1 unspecified atom stereocenters. The molecule has 1 atom stereocenters. The smallest absolute Gasteiger partial charge is 0.257 e. The number of hydrogen-bond donors (Lipinski definition) is 0. The van der Waals surface area contributed by atoms with E-state index in [9.17, 15) is 14.4 Å². The molecule has 4 aromatic rings. The third-order valence-corrected chi connectivity index (χ3v) is 7.70. The first-order chi connectivity index (χ1) is 18.8. The van der Waals surface area contributed by atoms with Crippen molar-refractivity contribution in [2.45, 2.75) is 19.4 Å². The van der Waals surface area contributed by atoms with Crippen LogP contribution in [0.15, 0.2) is 73.3 Å². The number of thiazole rings is 1. The number of methoxy groups -OCH3 is 2. The third kappa shape index (κ3) is 4.88. The monoisotopic (exact) mass is 541 g/mol. The number of amides is 3. The minimum atomic E-state index is -0.955. The van der Waals surface area contributed by atoms with Crippen LogP contribution >= 0.6 is 11.3 Å². The summed E-state index contributed by atoms with van der Waals surface area (Å²) >= 11 is 1.59. The highest BCUT2D eigenvalue weighted by atomic mass is 32.1. The van der Waals surface area contributed by atoms with Gasteiger partial charge in [0.15, 0.2) is 11.5 Å². The van der Waals surface area contributed by atoms with Gasteiger partial charge in [-0.3, -0.25) is 14.4 Å². The zero-order chi connectivity index (χ0) is 27.7. The van der Waals surface area contributed by atoms with Crippen molar-refractivity contribution in [2.24, 2.45) is 0 Å². The molecular weight excluding hydrogens is 514 g/mol. The van der Waals surface area contributed by atoms with Gasteiger partial charge in [-0.1, -0.05) is 12.1 Å². The van der Waals surface area contributed by atoms with Crippen LogP contribution < -0.4 is 14.4 Å². The Hall–Kier alpha value is -4.50. The molecule has 0 aliphatic carbocycles. The average molecular weight is 542 g/mol. The topological polar surface area (TPSA) is 89.0 Å². The minimum Gasteiger partial charge on any atom is -0.493 e. The van der Waals surface area contributed by atoms with E-state index < -0.39 is 17.9 Å². The first kappa shape index (κ1) is 26.1. The molecule has 1 aliphatic heterocycles. The van der Waals surface area contributed by atoms with Gasteiger partial charge in [-0.25, -0.2) is 9.88 Å². The lowest BCUT2D eigenvalue weighted by Gasteiger charge is -2.27. The molecule has 0 spiro atoms. The van der Waals surface area contributed by atoms with Gasteiger partial charge in [0, 0.05) is 17.7 Å². The number of benzene rings is 3. The molecule has 0 bridgehead atoms. The molecule has 39 heavy (non-hydrogen) atoms. The Balaban J connectivity index is 1.39. The molecule has 0 N–H and O–H groups in total. The standard InChI is InChI=1S/C30H27N3O5S/c1-5-14-32(29(35)20-9-13-24(37-3)25(16-20)38-4)23-17-27(34)33(30(23)36)21-10-7-19(8-11-21)28-31-22-12-6-18(2)15-26(22)39-28/h5-13,15-16,23H,1,14,17H2,2-4H3. The zero-order valence-electron chi connectivity index (χ0n) is 21.8. The summed E-state index contributed by atoms with van der Waals surface area (Å²) in [5.41, 5.74) is 3.75. The molecule has 3 aromatic carbocycles. The van der Waals surface area contributed by atoms with Crippen LogP contribution in [-0.2, 0) is 9.59 Å². The molecule has 3 amide bonds. The van der Waals surface area contributed by atoms with Crippen LogP contribution in [0.5, 0.6) is 11.5 Å². The van der Waals surface area contributed by atoms with Gasteiger partial charge in [-0.15, -0.1) is 17.9 Å². The van der Waals surface area contributed by atoms with Crippen molar-refractivity contribution in [2.75, 3.05) is 25.7 Å². The molecule has 1 aliphatic rings. The maximum absolute atomic E-state index is 13.5. The number of fused-ring (bicyclic) bond motifs is 1. The van der Waals surface area contributed by atoms with E-state index in [0.29, 0.717) is 22.7 Å². The molecular formula is C30H27N3O5S. The largest absolute Gasteiger partial charge is 0.493 e. The number of imide groups is 1. The second kappa shape index (κ2) is 10.7. The van der Waals surface area contributed by atoms with Gasteiger partial charge >= 0.3 is 0 Å². The lowest BCUT2D eigenvalue weighted by Crippen LogP contribution is -2.45. The molecule has 5 rings (SSSR count). The summed E-state index contributed by atoms with van der Waals surface area (Å²) in [6.07, 6.45) is 1.41. The Bertz CT molecular complexity index is 1590. The van der Waals surface area contributed by atoms with Gasteiger partial charge in [0.05, 0.1) is 36.5 Å². The highest BCUT2D eigenvalue weighted by molar-refractivity contribution is 7.21. The first-order valence-corrected chi connectivity index (χ1v) is 13.1. The third-order valence-electron chi connectivity index (χ3n) is 6.63. The van der Waals surface area contributed by atoms with Crippen molar-refractivity contribution in [1.29, 1.82) is 0 Å². The molecule has 1 saturated heterocycles. The molecule has 2 heterocycles. The van der Waals surface area contributed by atoms with E-state index in [1.807, 2.05) is 31.2 Å². The van der Waals surface area contributed by atoms with E-state index in [4.69, 9.17) is 14.5 Å². The summed E-state index contributed by atoms with van der Waals surface area (Å²) in [4.78, 5) is 47.3. The maximum Gasteiger partial charge on any atom is 0.257 e. The summed E-state index contributed by atoms with van der Waals surface area (Å²) in [5, 5.41) is 0.858. The van der Waals surface area contributed by atoms with Crippen LogP contribution in [0.4, 0.5) is 5.69 Å². The van der Waals surface area contributed by atoms with Crippen molar-refractivity contribution < 1.29 is 23.9 Å². The summed E-state index contributed by atoms with van der Waals surface area (Å²) < 4.78 is 11.7. The number of carbonyl (C=O) groups excluding carboxylic acids is 3. The predicted molar refractivity (Wildman–Crippen MR) is 151 cm³/mol. The van der Waals surface area contributed by atoms with Crippen LogP contribution in [0.2, 0.25) is 0 Å². The zero-order valence-corrected chi connectivity index (χ0v) is 22.7.